The van der Waals surface area contributed by atoms with Crippen molar-refractivity contribution in [1.29, 1.82) is 5.26 Å². The van der Waals surface area contributed by atoms with Crippen LogP contribution in [0.5, 0.6) is 0 Å². The van der Waals surface area contributed by atoms with Crippen LogP contribution in [0.2, 0.25) is 5.02 Å². The summed E-state index contributed by atoms with van der Waals surface area (Å²) in [7, 11) is 1.21. The summed E-state index contributed by atoms with van der Waals surface area (Å²) in [6.07, 6.45) is 0. The highest BCUT2D eigenvalue weighted by Gasteiger charge is 2.43. The van der Waals surface area contributed by atoms with Crippen LogP contribution in [-0.2, 0) is 14.3 Å². The smallest absolute Gasteiger partial charge is 0.323 e. The fourth-order valence-electron chi connectivity index (χ4n) is 2.56. The van der Waals surface area contributed by atoms with Gasteiger partial charge in [-0.25, -0.2) is 5.43 Å². The van der Waals surface area contributed by atoms with Gasteiger partial charge >= 0.3 is 5.97 Å². The maximum atomic E-state index is 12.1. The van der Waals surface area contributed by atoms with Crippen LogP contribution in [0.1, 0.15) is 18.4 Å². The van der Waals surface area contributed by atoms with Gasteiger partial charge in [-0.1, -0.05) is 23.7 Å². The Morgan fingerprint density at radius 3 is 2.55 bits per heavy atom. The first kappa shape index (κ1) is 16.0. The number of methoxy groups -OCH3 is 1. The van der Waals surface area contributed by atoms with Crippen molar-refractivity contribution in [2.75, 3.05) is 7.11 Å². The maximum absolute atomic E-state index is 12.1. The number of nitrogens with one attached hydrogen (secondary N) is 1. The van der Waals surface area contributed by atoms with Gasteiger partial charge in [0.25, 0.3) is 0 Å². The fraction of sp³-hybridized carbons (Fsp3) is 0.333. The summed E-state index contributed by atoms with van der Waals surface area (Å²) in [6, 6.07) is 8.62. The number of hydrazone groups is 1. The van der Waals surface area contributed by atoms with Crippen LogP contribution in [0, 0.1) is 23.2 Å². The standard InChI is InChI=1S/C15H14ClN3O3/c1-8-12(14(20)19-18-8)13(11(7-17)15(21)22-2)9-3-5-10(16)6-4-9/h3-6,11-13H,1-2H3,(H,19,20). The number of ether oxygens (including phenoxy) is 1. The van der Waals surface area contributed by atoms with Crippen LogP contribution in [0.4, 0.5) is 0 Å². The monoisotopic (exact) mass is 319 g/mol. The molecule has 1 N–H and O–H groups in total. The number of hydrogen-bond donors (Lipinski definition) is 1. The minimum Gasteiger partial charge on any atom is -0.468 e. The predicted molar refractivity (Wildman–Crippen MR) is 80.1 cm³/mol. The van der Waals surface area contributed by atoms with Crippen molar-refractivity contribution in [1.82, 2.24) is 5.43 Å². The van der Waals surface area contributed by atoms with Crippen molar-refractivity contribution in [3.05, 3.63) is 34.9 Å². The highest BCUT2D eigenvalue weighted by atomic mass is 35.5. The first-order valence-electron chi connectivity index (χ1n) is 6.56. The molecule has 0 aromatic heterocycles. The van der Waals surface area contributed by atoms with Gasteiger partial charge in [-0.2, -0.15) is 10.4 Å². The minimum atomic E-state index is -1.12. The van der Waals surface area contributed by atoms with Gasteiger partial charge in [-0.3, -0.25) is 9.59 Å². The van der Waals surface area contributed by atoms with E-state index in [9.17, 15) is 14.9 Å². The molecule has 1 aromatic carbocycles. The highest BCUT2D eigenvalue weighted by Crippen LogP contribution is 2.36. The van der Waals surface area contributed by atoms with Gasteiger partial charge in [0.2, 0.25) is 5.91 Å². The van der Waals surface area contributed by atoms with E-state index in [1.54, 1.807) is 31.2 Å². The molecule has 0 saturated carbocycles. The van der Waals surface area contributed by atoms with Gasteiger partial charge in [0.05, 0.1) is 19.1 Å². The summed E-state index contributed by atoms with van der Waals surface area (Å²) in [4.78, 5) is 24.0. The molecule has 3 unspecified atom stereocenters. The quantitative estimate of drug-likeness (QED) is 0.857. The summed E-state index contributed by atoms with van der Waals surface area (Å²) in [5.41, 5.74) is 3.55. The Labute approximate surface area is 132 Å². The lowest BCUT2D eigenvalue weighted by Gasteiger charge is -2.25. The van der Waals surface area contributed by atoms with E-state index in [1.165, 1.54) is 7.11 Å². The molecule has 0 aliphatic carbocycles. The van der Waals surface area contributed by atoms with E-state index in [0.29, 0.717) is 16.3 Å². The van der Waals surface area contributed by atoms with E-state index in [0.717, 1.165) is 0 Å². The predicted octanol–water partition coefficient (Wildman–Crippen LogP) is 1.86. The second-order valence-electron chi connectivity index (χ2n) is 4.91. The molecule has 3 atom stereocenters. The van der Waals surface area contributed by atoms with Crippen LogP contribution >= 0.6 is 11.6 Å². The SMILES string of the molecule is COC(=O)C(C#N)C(c1ccc(Cl)cc1)C1C(=O)NN=C1C. The van der Waals surface area contributed by atoms with Crippen molar-refractivity contribution in [3.63, 3.8) is 0 Å². The number of amides is 1. The van der Waals surface area contributed by atoms with E-state index < -0.39 is 23.7 Å². The normalized spacial score (nSPS) is 19.6. The molecule has 6 nitrogen and oxygen atoms in total. The zero-order valence-electron chi connectivity index (χ0n) is 12.0. The molecule has 22 heavy (non-hydrogen) atoms. The van der Waals surface area contributed by atoms with Gasteiger partial charge in [0.1, 0.15) is 0 Å². The molecule has 1 aromatic rings. The topological polar surface area (TPSA) is 91.5 Å². The van der Waals surface area contributed by atoms with Gasteiger partial charge < -0.3 is 4.74 Å². The van der Waals surface area contributed by atoms with Gasteiger partial charge in [0.15, 0.2) is 5.92 Å². The molecule has 0 fully saturated rings. The number of rotatable bonds is 4. The largest absolute Gasteiger partial charge is 0.468 e. The summed E-state index contributed by atoms with van der Waals surface area (Å²) in [5, 5.41) is 13.8. The van der Waals surface area contributed by atoms with Crippen LogP contribution in [0.15, 0.2) is 29.4 Å². The first-order valence-corrected chi connectivity index (χ1v) is 6.94. The first-order chi connectivity index (χ1) is 10.5. The third kappa shape index (κ3) is 2.95. The molecule has 7 heteroatoms. The Morgan fingerprint density at radius 2 is 2.09 bits per heavy atom. The Kier molecular flexibility index (Phi) is 4.78. The van der Waals surface area contributed by atoms with E-state index in [2.05, 4.69) is 10.5 Å². The molecular formula is C15H14ClN3O3. The lowest BCUT2D eigenvalue weighted by molar-refractivity contribution is -0.144. The molecule has 0 bridgehead atoms. The van der Waals surface area contributed by atoms with Crippen LogP contribution < -0.4 is 5.43 Å². The number of nitrogens with zero attached hydrogens (tertiary/aromatic N) is 2. The number of carbonyl (C=O) groups is 2. The van der Waals surface area contributed by atoms with E-state index in [-0.39, 0.29) is 5.91 Å². The second kappa shape index (κ2) is 6.58. The average molecular weight is 320 g/mol. The van der Waals surface area contributed by atoms with Crippen LogP contribution in [0.3, 0.4) is 0 Å². The number of benzene rings is 1. The molecule has 2 rings (SSSR count). The lowest BCUT2D eigenvalue weighted by Crippen LogP contribution is -2.35. The third-order valence-electron chi connectivity index (χ3n) is 3.64. The Hall–Kier alpha value is -2.39. The summed E-state index contributed by atoms with van der Waals surface area (Å²) in [6.45, 7) is 1.68. The molecule has 114 valence electrons. The van der Waals surface area contributed by atoms with Crippen molar-refractivity contribution >= 4 is 29.2 Å². The zero-order valence-corrected chi connectivity index (χ0v) is 12.8. The molecule has 1 aliphatic heterocycles. The highest BCUT2D eigenvalue weighted by molar-refractivity contribution is 6.30. The molecule has 0 spiro atoms. The molecule has 1 aliphatic rings. The van der Waals surface area contributed by atoms with E-state index in [1.807, 2.05) is 6.07 Å². The molecule has 1 heterocycles. The lowest BCUT2D eigenvalue weighted by atomic mass is 9.75. The molecule has 0 saturated heterocycles. The van der Waals surface area contributed by atoms with E-state index >= 15 is 0 Å². The number of carbonyl (C=O) groups excluding carboxylic acids is 2. The van der Waals surface area contributed by atoms with Crippen molar-refractivity contribution in [2.24, 2.45) is 16.9 Å². The van der Waals surface area contributed by atoms with E-state index in [4.69, 9.17) is 16.3 Å². The van der Waals surface area contributed by atoms with Crippen LogP contribution in [0.25, 0.3) is 0 Å². The van der Waals surface area contributed by atoms with Crippen LogP contribution in [-0.4, -0.2) is 24.7 Å². The number of halogens is 1. The fourth-order valence-corrected chi connectivity index (χ4v) is 2.69. The Balaban J connectivity index is 2.51. The van der Waals surface area contributed by atoms with Gasteiger partial charge in [0, 0.05) is 16.7 Å². The van der Waals surface area contributed by atoms with Gasteiger partial charge in [-0.05, 0) is 24.6 Å². The minimum absolute atomic E-state index is 0.346. The number of hydrogen-bond acceptors (Lipinski definition) is 5. The average Bonchev–Trinajstić information content (AvgIpc) is 2.84. The summed E-state index contributed by atoms with van der Waals surface area (Å²) >= 11 is 5.88. The summed E-state index contributed by atoms with van der Waals surface area (Å²) < 4.78 is 4.70. The third-order valence-corrected chi connectivity index (χ3v) is 3.89. The molecule has 1 amide bonds. The molecule has 0 radical (unpaired) electrons. The summed E-state index contributed by atoms with van der Waals surface area (Å²) in [5.74, 6) is -3.55. The Morgan fingerprint density at radius 1 is 1.45 bits per heavy atom. The van der Waals surface area contributed by atoms with Crippen molar-refractivity contribution in [3.8, 4) is 6.07 Å². The number of nitriles is 1. The number of esters is 1. The maximum Gasteiger partial charge on any atom is 0.323 e. The van der Waals surface area contributed by atoms with Crippen molar-refractivity contribution < 1.29 is 14.3 Å². The molecular weight excluding hydrogens is 306 g/mol. The second-order valence-corrected chi connectivity index (χ2v) is 5.35. The van der Waals surface area contributed by atoms with Crippen molar-refractivity contribution in [2.45, 2.75) is 12.8 Å². The Bertz CT molecular complexity index is 664. The van der Waals surface area contributed by atoms with Gasteiger partial charge in [-0.15, -0.1) is 0 Å². The zero-order chi connectivity index (χ0) is 16.3.